The number of benzene rings is 1. The number of nitrogens with zero attached hydrogens (tertiary/aromatic N) is 1. The number of rotatable bonds is 7. The fourth-order valence-electron chi connectivity index (χ4n) is 2.21. The molecule has 0 saturated heterocycles. The third kappa shape index (κ3) is 5.70. The molecule has 0 saturated carbocycles. The number of hydrogen-bond donors (Lipinski definition) is 3. The summed E-state index contributed by atoms with van der Waals surface area (Å²) >= 11 is 0. The highest BCUT2D eigenvalue weighted by Crippen LogP contribution is 2.15. The first-order valence-electron chi connectivity index (χ1n) is 8.43. The molecule has 1 aromatic heterocycles. The largest absolute Gasteiger partial charge is 0.351 e. The van der Waals surface area contributed by atoms with Crippen molar-refractivity contribution in [3.8, 4) is 0 Å². The van der Waals surface area contributed by atoms with Gasteiger partial charge >= 0.3 is 0 Å². The van der Waals surface area contributed by atoms with E-state index in [1.54, 1.807) is 30.3 Å². The number of hydrogen-bond acceptors (Lipinski definition) is 4. The van der Waals surface area contributed by atoms with Gasteiger partial charge in [-0.05, 0) is 42.8 Å². The molecule has 0 fully saturated rings. The van der Waals surface area contributed by atoms with Crippen molar-refractivity contribution in [2.24, 2.45) is 0 Å². The first-order chi connectivity index (χ1) is 12.5. The minimum Gasteiger partial charge on any atom is -0.351 e. The zero-order chi connectivity index (χ0) is 18.9. The molecule has 0 aliphatic carbocycles. The summed E-state index contributed by atoms with van der Waals surface area (Å²) in [5.74, 6) is -0.807. The summed E-state index contributed by atoms with van der Waals surface area (Å²) in [5, 5.41) is 8.17. The van der Waals surface area contributed by atoms with Gasteiger partial charge in [-0.3, -0.25) is 19.4 Å². The van der Waals surface area contributed by atoms with E-state index in [0.717, 1.165) is 12.8 Å². The van der Waals surface area contributed by atoms with Crippen LogP contribution in [0.3, 0.4) is 0 Å². The third-order valence-electron chi connectivity index (χ3n) is 3.53. The van der Waals surface area contributed by atoms with E-state index in [1.807, 2.05) is 6.92 Å². The summed E-state index contributed by atoms with van der Waals surface area (Å²) < 4.78 is 0. The van der Waals surface area contributed by atoms with E-state index in [4.69, 9.17) is 0 Å². The molecule has 0 radical (unpaired) electrons. The topological polar surface area (TPSA) is 100 Å². The molecule has 2 aromatic rings. The number of nitrogens with one attached hydrogen (secondary N) is 3. The molecule has 0 aliphatic rings. The summed E-state index contributed by atoms with van der Waals surface area (Å²) in [5.41, 5.74) is 1.77. The molecule has 26 heavy (non-hydrogen) atoms. The van der Waals surface area contributed by atoms with Crippen LogP contribution in [0.25, 0.3) is 0 Å². The monoisotopic (exact) mass is 354 g/mol. The maximum Gasteiger partial charge on any atom is 0.269 e. The van der Waals surface area contributed by atoms with Crippen molar-refractivity contribution < 1.29 is 14.4 Å². The van der Waals surface area contributed by atoms with Crippen molar-refractivity contribution >= 4 is 29.1 Å². The highest BCUT2D eigenvalue weighted by molar-refractivity contribution is 6.05. The molecule has 0 spiro atoms. The molecule has 1 heterocycles. The first-order valence-corrected chi connectivity index (χ1v) is 8.43. The SMILES string of the molecule is CCCCNC(=O)c1cc(C(=O)Nc2ccc(NC(C)=O)cc2)ccn1. The number of pyridine rings is 1. The fourth-order valence-corrected chi connectivity index (χ4v) is 2.21. The molecule has 0 unspecified atom stereocenters. The number of amides is 3. The fraction of sp³-hybridized carbons (Fsp3) is 0.263. The molecule has 3 N–H and O–H groups in total. The van der Waals surface area contributed by atoms with E-state index in [1.165, 1.54) is 19.2 Å². The van der Waals surface area contributed by atoms with E-state index >= 15 is 0 Å². The van der Waals surface area contributed by atoms with E-state index in [-0.39, 0.29) is 23.4 Å². The van der Waals surface area contributed by atoms with Crippen molar-refractivity contribution in [1.29, 1.82) is 0 Å². The minimum atomic E-state index is -0.345. The van der Waals surface area contributed by atoms with Crippen LogP contribution in [0.4, 0.5) is 11.4 Å². The molecule has 0 aliphatic heterocycles. The number of anilines is 2. The van der Waals surface area contributed by atoms with Gasteiger partial charge < -0.3 is 16.0 Å². The lowest BCUT2D eigenvalue weighted by Crippen LogP contribution is -2.25. The van der Waals surface area contributed by atoms with Gasteiger partial charge in [-0.15, -0.1) is 0 Å². The summed E-state index contributed by atoms with van der Waals surface area (Å²) in [7, 11) is 0. The Morgan fingerprint density at radius 2 is 1.62 bits per heavy atom. The van der Waals surface area contributed by atoms with Crippen LogP contribution >= 0.6 is 0 Å². The zero-order valence-electron chi connectivity index (χ0n) is 14.8. The Morgan fingerprint density at radius 3 is 2.23 bits per heavy atom. The van der Waals surface area contributed by atoms with Crippen molar-refractivity contribution in [2.45, 2.75) is 26.7 Å². The number of carbonyl (C=O) groups is 3. The summed E-state index contributed by atoms with van der Waals surface area (Å²) in [6.45, 7) is 4.04. The number of unbranched alkanes of at least 4 members (excludes halogenated alkanes) is 1. The van der Waals surface area contributed by atoms with Crippen LogP contribution in [0, 0.1) is 0 Å². The second-order valence-electron chi connectivity index (χ2n) is 5.75. The van der Waals surface area contributed by atoms with Crippen LogP contribution in [0.5, 0.6) is 0 Å². The minimum absolute atomic E-state index is 0.164. The Morgan fingerprint density at radius 1 is 0.962 bits per heavy atom. The van der Waals surface area contributed by atoms with E-state index in [9.17, 15) is 14.4 Å². The number of carbonyl (C=O) groups excluding carboxylic acids is 3. The molecule has 3 amide bonds. The summed E-state index contributed by atoms with van der Waals surface area (Å²) in [4.78, 5) is 39.4. The van der Waals surface area contributed by atoms with E-state index < -0.39 is 0 Å². The summed E-state index contributed by atoms with van der Waals surface area (Å²) in [6.07, 6.45) is 3.31. The maximum atomic E-state index is 12.4. The average molecular weight is 354 g/mol. The van der Waals surface area contributed by atoms with Gasteiger partial charge in [-0.1, -0.05) is 13.3 Å². The van der Waals surface area contributed by atoms with Gasteiger partial charge in [0.2, 0.25) is 5.91 Å². The van der Waals surface area contributed by atoms with Gasteiger partial charge in [-0.25, -0.2) is 0 Å². The molecule has 136 valence electrons. The van der Waals surface area contributed by atoms with Crippen LogP contribution in [-0.2, 0) is 4.79 Å². The van der Waals surface area contributed by atoms with Crippen LogP contribution < -0.4 is 16.0 Å². The Kier molecular flexibility index (Phi) is 6.84. The van der Waals surface area contributed by atoms with Gasteiger partial charge in [0.15, 0.2) is 0 Å². The maximum absolute atomic E-state index is 12.4. The third-order valence-corrected chi connectivity index (χ3v) is 3.53. The Labute approximate surface area is 152 Å². The standard InChI is InChI=1S/C19H22N4O3/c1-3-4-10-21-19(26)17-12-14(9-11-20-17)18(25)23-16-7-5-15(6-8-16)22-13(2)24/h5-9,11-12H,3-4,10H2,1-2H3,(H,21,26)(H,22,24)(H,23,25). The second kappa shape index (κ2) is 9.31. The van der Waals surface area contributed by atoms with Crippen molar-refractivity contribution in [3.05, 3.63) is 53.9 Å². The Balaban J connectivity index is 2.02. The highest BCUT2D eigenvalue weighted by atomic mass is 16.2. The Hall–Kier alpha value is -3.22. The predicted molar refractivity (Wildman–Crippen MR) is 100 cm³/mol. The van der Waals surface area contributed by atoms with Gasteiger partial charge in [0, 0.05) is 36.6 Å². The first kappa shape index (κ1) is 19.1. The van der Waals surface area contributed by atoms with Crippen LogP contribution in [0.15, 0.2) is 42.6 Å². The van der Waals surface area contributed by atoms with E-state index in [2.05, 4.69) is 20.9 Å². The predicted octanol–water partition coefficient (Wildman–Crippen LogP) is 2.82. The summed E-state index contributed by atoms with van der Waals surface area (Å²) in [6, 6.07) is 9.75. The molecular formula is C19H22N4O3. The Bertz CT molecular complexity index is 788. The molecule has 0 bridgehead atoms. The lowest BCUT2D eigenvalue weighted by atomic mass is 10.2. The number of aromatic nitrogens is 1. The van der Waals surface area contributed by atoms with Gasteiger partial charge in [0.05, 0.1) is 0 Å². The molecule has 7 nitrogen and oxygen atoms in total. The molecule has 7 heteroatoms. The lowest BCUT2D eigenvalue weighted by molar-refractivity contribution is -0.114. The van der Waals surface area contributed by atoms with E-state index in [0.29, 0.717) is 23.5 Å². The van der Waals surface area contributed by atoms with Gasteiger partial charge in [0.25, 0.3) is 11.8 Å². The average Bonchev–Trinajstić information content (AvgIpc) is 2.63. The van der Waals surface area contributed by atoms with Crippen molar-refractivity contribution in [3.63, 3.8) is 0 Å². The molecule has 1 aromatic carbocycles. The highest BCUT2D eigenvalue weighted by Gasteiger charge is 2.12. The van der Waals surface area contributed by atoms with Gasteiger partial charge in [-0.2, -0.15) is 0 Å². The zero-order valence-corrected chi connectivity index (χ0v) is 14.8. The smallest absolute Gasteiger partial charge is 0.269 e. The molecular weight excluding hydrogens is 332 g/mol. The quantitative estimate of drug-likeness (QED) is 0.666. The molecule has 2 rings (SSSR count). The van der Waals surface area contributed by atoms with Gasteiger partial charge in [0.1, 0.15) is 5.69 Å². The lowest BCUT2D eigenvalue weighted by Gasteiger charge is -2.08. The van der Waals surface area contributed by atoms with Crippen molar-refractivity contribution in [2.75, 3.05) is 17.2 Å². The van der Waals surface area contributed by atoms with Crippen LogP contribution in [0.2, 0.25) is 0 Å². The second-order valence-corrected chi connectivity index (χ2v) is 5.75. The van der Waals surface area contributed by atoms with Crippen LogP contribution in [0.1, 0.15) is 47.5 Å². The van der Waals surface area contributed by atoms with Crippen molar-refractivity contribution in [1.82, 2.24) is 10.3 Å². The molecule has 0 atom stereocenters. The van der Waals surface area contributed by atoms with Crippen LogP contribution in [-0.4, -0.2) is 29.3 Å². The normalized spacial score (nSPS) is 10.1.